The van der Waals surface area contributed by atoms with E-state index in [1.54, 1.807) is 7.11 Å². The molecule has 1 aromatic rings. The Kier molecular flexibility index (Phi) is 6.46. The van der Waals surface area contributed by atoms with Crippen LogP contribution in [0.25, 0.3) is 0 Å². The van der Waals surface area contributed by atoms with Crippen LogP contribution in [0.5, 0.6) is 0 Å². The van der Waals surface area contributed by atoms with Crippen LogP contribution in [0, 0.1) is 6.92 Å². The quantitative estimate of drug-likeness (QED) is 0.664. The maximum absolute atomic E-state index is 5.50. The monoisotopic (exact) mass is 321 g/mol. The van der Waals surface area contributed by atoms with Crippen molar-refractivity contribution in [2.45, 2.75) is 26.3 Å². The highest BCUT2D eigenvalue weighted by Crippen LogP contribution is 2.21. The van der Waals surface area contributed by atoms with Crippen LogP contribution in [0.15, 0.2) is 24.3 Å². The smallest absolute Gasteiger partial charge is 0.169 e. The lowest BCUT2D eigenvalue weighted by molar-refractivity contribution is 0.195. The maximum atomic E-state index is 5.50. The predicted molar refractivity (Wildman–Crippen MR) is 96.7 cm³/mol. The summed E-state index contributed by atoms with van der Waals surface area (Å²) in [5.74, 6) is 0. The largest absolute Gasteiger partial charge is 0.385 e. The van der Waals surface area contributed by atoms with Gasteiger partial charge in [-0.25, -0.2) is 0 Å². The van der Waals surface area contributed by atoms with E-state index in [2.05, 4.69) is 53.2 Å². The lowest BCUT2D eigenvalue weighted by Crippen LogP contribution is -2.56. The molecule has 1 aliphatic heterocycles. The van der Waals surface area contributed by atoms with E-state index in [-0.39, 0.29) is 0 Å². The first-order chi connectivity index (χ1) is 10.6. The van der Waals surface area contributed by atoms with Crippen LogP contribution in [0.2, 0.25) is 0 Å². The van der Waals surface area contributed by atoms with Crippen molar-refractivity contribution in [2.24, 2.45) is 0 Å². The van der Waals surface area contributed by atoms with Gasteiger partial charge in [0.25, 0.3) is 0 Å². The number of rotatable bonds is 5. The summed E-state index contributed by atoms with van der Waals surface area (Å²) < 4.78 is 5.05. The van der Waals surface area contributed by atoms with Gasteiger partial charge in [-0.15, -0.1) is 0 Å². The van der Waals surface area contributed by atoms with Gasteiger partial charge in [-0.2, -0.15) is 0 Å². The lowest BCUT2D eigenvalue weighted by atomic mass is 10.1. The second kappa shape index (κ2) is 8.34. The van der Waals surface area contributed by atoms with Crippen LogP contribution in [-0.4, -0.2) is 55.9 Å². The molecule has 0 radical (unpaired) electrons. The van der Waals surface area contributed by atoms with Gasteiger partial charge in [0.1, 0.15) is 0 Å². The van der Waals surface area contributed by atoms with E-state index in [1.165, 1.54) is 11.3 Å². The maximum Gasteiger partial charge on any atom is 0.169 e. The van der Waals surface area contributed by atoms with Crippen molar-refractivity contribution in [3.63, 3.8) is 0 Å². The van der Waals surface area contributed by atoms with Crippen molar-refractivity contribution < 1.29 is 4.74 Å². The molecule has 22 heavy (non-hydrogen) atoms. The van der Waals surface area contributed by atoms with Crippen LogP contribution in [0.1, 0.15) is 18.9 Å². The van der Waals surface area contributed by atoms with Gasteiger partial charge in [-0.3, -0.25) is 0 Å². The molecule has 5 heteroatoms. The number of anilines is 1. The summed E-state index contributed by atoms with van der Waals surface area (Å²) in [4.78, 5) is 4.74. The Morgan fingerprint density at radius 2 is 2.05 bits per heavy atom. The van der Waals surface area contributed by atoms with Gasteiger partial charge in [0, 0.05) is 51.6 Å². The third-order valence-corrected chi connectivity index (χ3v) is 4.48. The molecule has 1 saturated heterocycles. The fourth-order valence-corrected chi connectivity index (χ4v) is 3.05. The number of ether oxygens (including phenoxy) is 1. The summed E-state index contributed by atoms with van der Waals surface area (Å²) in [5.41, 5.74) is 2.60. The van der Waals surface area contributed by atoms with Crippen LogP contribution >= 0.6 is 12.2 Å². The highest BCUT2D eigenvalue weighted by molar-refractivity contribution is 7.80. The standard InChI is InChI=1S/C17H27N3OS/c1-14-5-7-16(8-6-14)20-11-10-19(13-15(20)2)17(22)18-9-4-12-21-3/h5-8,15H,4,9-13H2,1-3H3,(H,18,22). The van der Waals surface area contributed by atoms with Crippen molar-refractivity contribution >= 4 is 23.0 Å². The number of nitrogens with zero attached hydrogens (tertiary/aromatic N) is 2. The van der Waals surface area contributed by atoms with Gasteiger partial charge < -0.3 is 19.9 Å². The molecule has 1 N–H and O–H groups in total. The van der Waals surface area contributed by atoms with Crippen molar-refractivity contribution in [3.05, 3.63) is 29.8 Å². The molecule has 0 saturated carbocycles. The van der Waals surface area contributed by atoms with Gasteiger partial charge in [0.15, 0.2) is 5.11 Å². The zero-order valence-corrected chi connectivity index (χ0v) is 14.7. The average Bonchev–Trinajstić information content (AvgIpc) is 2.52. The third kappa shape index (κ3) is 4.58. The summed E-state index contributed by atoms with van der Waals surface area (Å²) in [6, 6.07) is 9.23. The SMILES string of the molecule is COCCCNC(=S)N1CCN(c2ccc(C)cc2)C(C)C1. The zero-order chi connectivity index (χ0) is 15.9. The normalized spacial score (nSPS) is 18.4. The minimum Gasteiger partial charge on any atom is -0.385 e. The number of hydrogen-bond donors (Lipinski definition) is 1. The van der Waals surface area contributed by atoms with Crippen molar-refractivity contribution in [1.29, 1.82) is 0 Å². The van der Waals surface area contributed by atoms with Gasteiger partial charge >= 0.3 is 0 Å². The molecule has 122 valence electrons. The number of methoxy groups -OCH3 is 1. The molecule has 1 heterocycles. The summed E-state index contributed by atoms with van der Waals surface area (Å²) in [5, 5.41) is 4.20. The van der Waals surface area contributed by atoms with Crippen molar-refractivity contribution in [2.75, 3.05) is 44.8 Å². The van der Waals surface area contributed by atoms with Crippen molar-refractivity contribution in [3.8, 4) is 0 Å². The number of thiocarbonyl (C=S) groups is 1. The molecule has 0 amide bonds. The minimum absolute atomic E-state index is 0.454. The zero-order valence-electron chi connectivity index (χ0n) is 13.8. The molecule has 1 unspecified atom stereocenters. The Hall–Kier alpha value is -1.33. The van der Waals surface area contributed by atoms with E-state index >= 15 is 0 Å². The molecule has 1 aromatic carbocycles. The van der Waals surface area contributed by atoms with Gasteiger partial charge in [0.2, 0.25) is 0 Å². The fourth-order valence-electron chi connectivity index (χ4n) is 2.79. The highest BCUT2D eigenvalue weighted by atomic mass is 32.1. The van der Waals surface area contributed by atoms with E-state index in [4.69, 9.17) is 17.0 Å². The minimum atomic E-state index is 0.454. The molecule has 0 aliphatic carbocycles. The fraction of sp³-hybridized carbons (Fsp3) is 0.588. The van der Waals surface area contributed by atoms with Gasteiger partial charge in [-0.05, 0) is 44.6 Å². The molecule has 0 aromatic heterocycles. The predicted octanol–water partition coefficient (Wildman–Crippen LogP) is 2.42. The molecule has 0 bridgehead atoms. The first kappa shape index (κ1) is 17.0. The Bertz CT molecular complexity index is 477. The Balaban J connectivity index is 1.84. The van der Waals surface area contributed by atoms with Crippen LogP contribution in [0.3, 0.4) is 0 Å². The van der Waals surface area contributed by atoms with E-state index in [0.29, 0.717) is 6.04 Å². The summed E-state index contributed by atoms with van der Waals surface area (Å²) in [6.45, 7) is 8.97. The second-order valence-corrected chi connectivity index (χ2v) is 6.29. The Morgan fingerprint density at radius 3 is 2.68 bits per heavy atom. The lowest BCUT2D eigenvalue weighted by Gasteiger charge is -2.42. The first-order valence-corrected chi connectivity index (χ1v) is 8.37. The van der Waals surface area contributed by atoms with E-state index < -0.39 is 0 Å². The Morgan fingerprint density at radius 1 is 1.32 bits per heavy atom. The average molecular weight is 321 g/mol. The highest BCUT2D eigenvalue weighted by Gasteiger charge is 2.25. The molecule has 1 fully saturated rings. The number of nitrogens with one attached hydrogen (secondary N) is 1. The number of benzene rings is 1. The molecule has 0 spiro atoms. The Labute approximate surface area is 139 Å². The summed E-state index contributed by atoms with van der Waals surface area (Å²) in [7, 11) is 1.73. The molecule has 4 nitrogen and oxygen atoms in total. The topological polar surface area (TPSA) is 27.7 Å². The summed E-state index contributed by atoms with van der Waals surface area (Å²) in [6.07, 6.45) is 0.982. The molecular formula is C17H27N3OS. The second-order valence-electron chi connectivity index (χ2n) is 5.90. The number of hydrogen-bond acceptors (Lipinski definition) is 3. The van der Waals surface area contributed by atoms with E-state index in [9.17, 15) is 0 Å². The number of piperazine rings is 1. The van der Waals surface area contributed by atoms with Crippen LogP contribution in [0.4, 0.5) is 5.69 Å². The van der Waals surface area contributed by atoms with Gasteiger partial charge in [0.05, 0.1) is 0 Å². The molecule has 1 aliphatic rings. The van der Waals surface area contributed by atoms with Crippen molar-refractivity contribution in [1.82, 2.24) is 10.2 Å². The number of aryl methyl sites for hydroxylation is 1. The summed E-state index contributed by atoms with van der Waals surface area (Å²) >= 11 is 5.50. The van der Waals surface area contributed by atoms with Crippen LogP contribution < -0.4 is 10.2 Å². The van der Waals surface area contributed by atoms with Crippen LogP contribution in [-0.2, 0) is 4.74 Å². The third-order valence-electron chi connectivity index (χ3n) is 4.08. The van der Waals surface area contributed by atoms with Gasteiger partial charge in [-0.1, -0.05) is 17.7 Å². The molecule has 2 rings (SSSR count). The molecule has 1 atom stereocenters. The van der Waals surface area contributed by atoms with E-state index in [1.807, 2.05) is 0 Å². The molecular weight excluding hydrogens is 294 g/mol. The first-order valence-electron chi connectivity index (χ1n) is 7.97. The van der Waals surface area contributed by atoms with E-state index in [0.717, 1.165) is 44.3 Å².